The van der Waals surface area contributed by atoms with Crippen molar-refractivity contribution in [1.29, 1.82) is 0 Å². The van der Waals surface area contributed by atoms with Crippen LogP contribution in [0.4, 0.5) is 0 Å². The molecule has 0 radical (unpaired) electrons. The number of para-hydroxylation sites is 2. The molecule has 0 saturated carbocycles. The maximum absolute atomic E-state index is 12.9. The van der Waals surface area contributed by atoms with E-state index < -0.39 is 0 Å². The van der Waals surface area contributed by atoms with Crippen molar-refractivity contribution < 1.29 is 18.7 Å². The molecule has 1 aromatic heterocycles. The van der Waals surface area contributed by atoms with Crippen molar-refractivity contribution in [3.05, 3.63) is 36.0 Å². The molecular formula is C21H28N2O4. The van der Waals surface area contributed by atoms with Crippen LogP contribution >= 0.6 is 0 Å². The Labute approximate surface area is 160 Å². The summed E-state index contributed by atoms with van der Waals surface area (Å²) < 4.78 is 16.3. The van der Waals surface area contributed by atoms with E-state index in [0.717, 1.165) is 18.5 Å². The summed E-state index contributed by atoms with van der Waals surface area (Å²) in [6, 6.07) is 7.41. The van der Waals surface area contributed by atoms with Gasteiger partial charge in [-0.25, -0.2) is 0 Å². The van der Waals surface area contributed by atoms with Crippen LogP contribution in [0.2, 0.25) is 0 Å². The SMILES string of the molecule is COCCN(C(=O)COc1nc2ccccc2o1)C1=CC(C)CC(C)(C)C1. The number of hydrogen-bond acceptors (Lipinski definition) is 5. The first-order valence-corrected chi connectivity index (χ1v) is 9.36. The molecule has 1 aromatic carbocycles. The fraction of sp³-hybridized carbons (Fsp3) is 0.524. The van der Waals surface area contributed by atoms with Crippen LogP contribution in [0.1, 0.15) is 33.6 Å². The van der Waals surface area contributed by atoms with Crippen LogP contribution in [0.25, 0.3) is 11.1 Å². The fourth-order valence-corrected chi connectivity index (χ4v) is 3.79. The highest BCUT2D eigenvalue weighted by atomic mass is 16.6. The van der Waals surface area contributed by atoms with E-state index in [-0.39, 0.29) is 24.0 Å². The number of nitrogens with zero attached hydrogens (tertiary/aromatic N) is 2. The third-order valence-electron chi connectivity index (χ3n) is 4.77. The molecule has 0 saturated heterocycles. The Morgan fingerprint density at radius 3 is 2.85 bits per heavy atom. The quantitative estimate of drug-likeness (QED) is 0.734. The molecule has 0 fully saturated rings. The molecule has 146 valence electrons. The average Bonchev–Trinajstić information content (AvgIpc) is 3.01. The number of amides is 1. The van der Waals surface area contributed by atoms with Crippen molar-refractivity contribution in [2.75, 3.05) is 26.9 Å². The summed E-state index contributed by atoms with van der Waals surface area (Å²) in [5.74, 6) is 0.310. The molecule has 1 amide bonds. The molecule has 0 N–H and O–H groups in total. The highest BCUT2D eigenvalue weighted by Gasteiger charge is 2.31. The molecular weight excluding hydrogens is 344 g/mol. The van der Waals surface area contributed by atoms with Crippen molar-refractivity contribution in [2.24, 2.45) is 11.3 Å². The number of ether oxygens (including phenoxy) is 2. The number of hydrogen-bond donors (Lipinski definition) is 0. The molecule has 1 aliphatic carbocycles. The van der Waals surface area contributed by atoms with Gasteiger partial charge in [0.15, 0.2) is 12.2 Å². The monoisotopic (exact) mass is 372 g/mol. The lowest BCUT2D eigenvalue weighted by Crippen LogP contribution is -2.39. The number of carbonyl (C=O) groups is 1. The van der Waals surface area contributed by atoms with Gasteiger partial charge in [-0.1, -0.05) is 39.0 Å². The summed E-state index contributed by atoms with van der Waals surface area (Å²) in [4.78, 5) is 18.9. The van der Waals surface area contributed by atoms with Crippen LogP contribution in [0.15, 0.2) is 40.5 Å². The molecule has 6 heteroatoms. The molecule has 0 spiro atoms. The molecule has 6 nitrogen and oxygen atoms in total. The molecule has 3 rings (SSSR count). The highest BCUT2D eigenvalue weighted by molar-refractivity contribution is 5.79. The van der Waals surface area contributed by atoms with Crippen LogP contribution in [0.3, 0.4) is 0 Å². The van der Waals surface area contributed by atoms with E-state index in [1.165, 1.54) is 0 Å². The Morgan fingerprint density at radius 2 is 2.15 bits per heavy atom. The second-order valence-electron chi connectivity index (χ2n) is 7.95. The van der Waals surface area contributed by atoms with Gasteiger partial charge in [0.25, 0.3) is 5.91 Å². The summed E-state index contributed by atoms with van der Waals surface area (Å²) in [5.41, 5.74) is 2.56. The topological polar surface area (TPSA) is 64.8 Å². The minimum Gasteiger partial charge on any atom is -0.440 e. The van der Waals surface area contributed by atoms with Gasteiger partial charge in [-0.3, -0.25) is 4.79 Å². The molecule has 0 aliphatic heterocycles. The van der Waals surface area contributed by atoms with Gasteiger partial charge in [-0.05, 0) is 36.3 Å². The van der Waals surface area contributed by atoms with E-state index in [4.69, 9.17) is 13.9 Å². The maximum atomic E-state index is 12.9. The first-order chi connectivity index (χ1) is 12.9. The zero-order chi connectivity index (χ0) is 19.4. The summed E-state index contributed by atoms with van der Waals surface area (Å²) in [6.45, 7) is 7.52. The maximum Gasteiger partial charge on any atom is 0.395 e. The molecule has 2 aromatic rings. The lowest BCUT2D eigenvalue weighted by molar-refractivity contribution is -0.132. The molecule has 1 heterocycles. The number of aromatic nitrogens is 1. The van der Waals surface area contributed by atoms with Gasteiger partial charge in [0, 0.05) is 19.4 Å². The van der Waals surface area contributed by atoms with Gasteiger partial charge in [0.1, 0.15) is 5.52 Å². The van der Waals surface area contributed by atoms with Crippen molar-refractivity contribution in [1.82, 2.24) is 9.88 Å². The Hall–Kier alpha value is -2.34. The Balaban J connectivity index is 1.71. The second kappa shape index (κ2) is 8.13. The van der Waals surface area contributed by atoms with Gasteiger partial charge >= 0.3 is 6.08 Å². The van der Waals surface area contributed by atoms with E-state index in [2.05, 4.69) is 31.8 Å². The largest absolute Gasteiger partial charge is 0.440 e. The van der Waals surface area contributed by atoms with Crippen molar-refractivity contribution in [3.8, 4) is 6.08 Å². The predicted molar refractivity (Wildman–Crippen MR) is 103 cm³/mol. The zero-order valence-corrected chi connectivity index (χ0v) is 16.5. The molecule has 1 aliphatic rings. The van der Waals surface area contributed by atoms with Gasteiger partial charge in [0.2, 0.25) is 0 Å². The van der Waals surface area contributed by atoms with E-state index in [1.807, 2.05) is 24.3 Å². The van der Waals surface area contributed by atoms with Gasteiger partial charge in [-0.15, -0.1) is 0 Å². The highest BCUT2D eigenvalue weighted by Crippen LogP contribution is 2.39. The molecule has 27 heavy (non-hydrogen) atoms. The van der Waals surface area contributed by atoms with E-state index in [0.29, 0.717) is 30.2 Å². The summed E-state index contributed by atoms with van der Waals surface area (Å²) in [6.07, 6.45) is 4.28. The van der Waals surface area contributed by atoms with Gasteiger partial charge in [-0.2, -0.15) is 4.98 Å². The van der Waals surface area contributed by atoms with Gasteiger partial charge in [0.05, 0.1) is 6.61 Å². The average molecular weight is 372 g/mol. The summed E-state index contributed by atoms with van der Waals surface area (Å²) in [5, 5.41) is 0. The van der Waals surface area contributed by atoms with Crippen LogP contribution in [-0.4, -0.2) is 42.7 Å². The Morgan fingerprint density at radius 1 is 1.37 bits per heavy atom. The number of benzene rings is 1. The van der Waals surface area contributed by atoms with Crippen LogP contribution in [-0.2, 0) is 9.53 Å². The third kappa shape index (κ3) is 4.89. The normalized spacial score (nSPS) is 19.0. The minimum atomic E-state index is -0.122. The van der Waals surface area contributed by atoms with Crippen LogP contribution < -0.4 is 4.74 Å². The zero-order valence-electron chi connectivity index (χ0n) is 16.5. The van der Waals surface area contributed by atoms with Gasteiger partial charge < -0.3 is 18.8 Å². The van der Waals surface area contributed by atoms with Crippen molar-refractivity contribution in [2.45, 2.75) is 33.6 Å². The molecule has 0 bridgehead atoms. The van der Waals surface area contributed by atoms with Crippen LogP contribution in [0, 0.1) is 11.3 Å². The summed E-state index contributed by atoms with van der Waals surface area (Å²) >= 11 is 0. The lowest BCUT2D eigenvalue weighted by Gasteiger charge is -2.37. The van der Waals surface area contributed by atoms with Crippen LogP contribution in [0.5, 0.6) is 6.08 Å². The third-order valence-corrected chi connectivity index (χ3v) is 4.77. The van der Waals surface area contributed by atoms with E-state index >= 15 is 0 Å². The Bertz CT molecular complexity index is 791. The first kappa shape index (κ1) is 19.4. The van der Waals surface area contributed by atoms with Crippen molar-refractivity contribution in [3.63, 3.8) is 0 Å². The number of fused-ring (bicyclic) bond motifs is 1. The smallest absolute Gasteiger partial charge is 0.395 e. The van der Waals surface area contributed by atoms with Crippen molar-refractivity contribution >= 4 is 17.0 Å². The van der Waals surface area contributed by atoms with E-state index in [1.54, 1.807) is 12.0 Å². The predicted octanol–water partition coefficient (Wildman–Crippen LogP) is 4.02. The molecule has 1 unspecified atom stereocenters. The fourth-order valence-electron chi connectivity index (χ4n) is 3.79. The first-order valence-electron chi connectivity index (χ1n) is 9.36. The molecule has 1 atom stereocenters. The lowest BCUT2D eigenvalue weighted by atomic mass is 9.75. The number of carbonyl (C=O) groups excluding carboxylic acids is 1. The summed E-state index contributed by atoms with van der Waals surface area (Å²) in [7, 11) is 1.64. The van der Waals surface area contributed by atoms with E-state index in [9.17, 15) is 4.79 Å². The minimum absolute atomic E-state index is 0.113. The standard InChI is InChI=1S/C21H28N2O4/c1-15-11-16(13-21(2,3)12-15)23(9-10-25-4)19(24)14-26-20-22-17-7-5-6-8-18(17)27-20/h5-8,11,15H,9-10,12-14H2,1-4H3. The number of rotatable bonds is 7. The number of methoxy groups -OCH3 is 1. The Kier molecular flexibility index (Phi) is 5.85. The number of allylic oxidation sites excluding steroid dienone is 2. The second-order valence-corrected chi connectivity index (χ2v) is 7.95. The number of oxazole rings is 1.